The molecule has 0 fully saturated rings. The third kappa shape index (κ3) is 3.54. The van der Waals surface area contributed by atoms with E-state index in [4.69, 9.17) is 16.3 Å². The number of nitrogens with one attached hydrogen (secondary N) is 1. The van der Waals surface area contributed by atoms with Crippen molar-refractivity contribution in [1.29, 1.82) is 0 Å². The summed E-state index contributed by atoms with van der Waals surface area (Å²) in [5.74, 6) is 0.893. The summed E-state index contributed by atoms with van der Waals surface area (Å²) >= 11 is 7.72. The summed E-state index contributed by atoms with van der Waals surface area (Å²) < 4.78 is 6.11. The number of ether oxygens (including phenoxy) is 1. The molecule has 0 aliphatic carbocycles. The van der Waals surface area contributed by atoms with Crippen molar-refractivity contribution in [2.45, 2.75) is 26.3 Å². The zero-order valence-corrected chi connectivity index (χ0v) is 13.6. The number of aryl methyl sites for hydroxylation is 1. The fourth-order valence-electron chi connectivity index (χ4n) is 2.23. The smallest absolute Gasteiger partial charge is 0.119 e. The molecule has 4 heteroatoms. The van der Waals surface area contributed by atoms with E-state index in [1.807, 2.05) is 12.1 Å². The van der Waals surface area contributed by atoms with Crippen LogP contribution in [-0.2, 0) is 0 Å². The molecule has 0 aliphatic rings. The fraction of sp³-hybridized carbons (Fsp3) is 0.375. The van der Waals surface area contributed by atoms with Gasteiger partial charge in [-0.1, -0.05) is 24.6 Å². The average Bonchev–Trinajstić information content (AvgIpc) is 2.87. The van der Waals surface area contributed by atoms with E-state index in [2.05, 4.69) is 37.4 Å². The Balaban J connectivity index is 2.35. The van der Waals surface area contributed by atoms with Crippen LogP contribution in [0.5, 0.6) is 5.75 Å². The van der Waals surface area contributed by atoms with Crippen molar-refractivity contribution in [1.82, 2.24) is 5.32 Å². The molecule has 1 atom stereocenters. The number of hydrogen-bond acceptors (Lipinski definition) is 3. The summed E-state index contributed by atoms with van der Waals surface area (Å²) in [6.45, 7) is 5.27. The Kier molecular flexibility index (Phi) is 5.46. The number of thiophene rings is 1. The van der Waals surface area contributed by atoms with Crippen molar-refractivity contribution in [3.63, 3.8) is 0 Å². The van der Waals surface area contributed by atoms with Gasteiger partial charge in [-0.2, -0.15) is 0 Å². The van der Waals surface area contributed by atoms with Crippen molar-refractivity contribution in [2.24, 2.45) is 0 Å². The first kappa shape index (κ1) is 15.4. The van der Waals surface area contributed by atoms with Crippen molar-refractivity contribution in [3.05, 3.63) is 50.7 Å². The van der Waals surface area contributed by atoms with Crippen LogP contribution in [0, 0.1) is 6.92 Å². The lowest BCUT2D eigenvalue weighted by molar-refractivity contribution is 0.414. The lowest BCUT2D eigenvalue weighted by atomic mass is 9.99. The highest BCUT2D eigenvalue weighted by molar-refractivity contribution is 7.16. The summed E-state index contributed by atoms with van der Waals surface area (Å²) in [7, 11) is 1.69. The van der Waals surface area contributed by atoms with E-state index in [0.717, 1.165) is 23.1 Å². The van der Waals surface area contributed by atoms with Gasteiger partial charge in [-0.3, -0.25) is 0 Å². The number of rotatable bonds is 6. The van der Waals surface area contributed by atoms with Crippen LogP contribution in [0.25, 0.3) is 0 Å². The molecule has 0 spiro atoms. The molecule has 0 aliphatic heterocycles. The number of methoxy groups -OCH3 is 1. The van der Waals surface area contributed by atoms with Gasteiger partial charge >= 0.3 is 0 Å². The Labute approximate surface area is 129 Å². The molecule has 1 heterocycles. The zero-order chi connectivity index (χ0) is 14.5. The molecule has 0 saturated heterocycles. The van der Waals surface area contributed by atoms with Crippen LogP contribution >= 0.6 is 22.9 Å². The van der Waals surface area contributed by atoms with Gasteiger partial charge in [0.1, 0.15) is 5.75 Å². The maximum Gasteiger partial charge on any atom is 0.119 e. The third-order valence-electron chi connectivity index (χ3n) is 3.26. The highest BCUT2D eigenvalue weighted by Crippen LogP contribution is 2.33. The molecule has 2 nitrogen and oxygen atoms in total. The lowest BCUT2D eigenvalue weighted by Crippen LogP contribution is -2.23. The largest absolute Gasteiger partial charge is 0.497 e. The highest BCUT2D eigenvalue weighted by Gasteiger charge is 2.17. The third-order valence-corrected chi connectivity index (χ3v) is 4.56. The Hall–Kier alpha value is -1.03. The summed E-state index contributed by atoms with van der Waals surface area (Å²) in [5.41, 5.74) is 2.50. The second-order valence-corrected chi connectivity index (χ2v) is 6.50. The molecule has 1 aromatic carbocycles. The Bertz CT molecular complexity index is 567. The predicted octanol–water partition coefficient (Wildman–Crippen LogP) is 4.81. The van der Waals surface area contributed by atoms with Gasteiger partial charge in [0.15, 0.2) is 0 Å². The first-order valence-electron chi connectivity index (χ1n) is 6.79. The summed E-state index contributed by atoms with van der Waals surface area (Å²) in [6.07, 6.45) is 1.10. The van der Waals surface area contributed by atoms with Crippen LogP contribution in [-0.4, -0.2) is 13.7 Å². The van der Waals surface area contributed by atoms with Crippen LogP contribution in [0.2, 0.25) is 4.34 Å². The van der Waals surface area contributed by atoms with Crippen molar-refractivity contribution in [3.8, 4) is 5.75 Å². The van der Waals surface area contributed by atoms with Gasteiger partial charge in [0, 0.05) is 4.88 Å². The molecule has 0 bridgehead atoms. The van der Waals surface area contributed by atoms with E-state index in [9.17, 15) is 0 Å². The second-order valence-electron chi connectivity index (χ2n) is 4.75. The van der Waals surface area contributed by atoms with E-state index >= 15 is 0 Å². The van der Waals surface area contributed by atoms with Crippen molar-refractivity contribution < 1.29 is 4.74 Å². The van der Waals surface area contributed by atoms with E-state index in [0.29, 0.717) is 0 Å². The van der Waals surface area contributed by atoms with E-state index in [-0.39, 0.29) is 6.04 Å². The first-order valence-corrected chi connectivity index (χ1v) is 7.98. The zero-order valence-electron chi connectivity index (χ0n) is 12.1. The maximum atomic E-state index is 6.08. The normalized spacial score (nSPS) is 12.4. The number of halogens is 1. The second kappa shape index (κ2) is 7.11. The highest BCUT2D eigenvalue weighted by atomic mass is 35.5. The fourth-order valence-corrected chi connectivity index (χ4v) is 3.39. The van der Waals surface area contributed by atoms with Gasteiger partial charge in [0.25, 0.3) is 0 Å². The van der Waals surface area contributed by atoms with E-state index in [1.165, 1.54) is 16.0 Å². The van der Waals surface area contributed by atoms with Crippen LogP contribution < -0.4 is 10.1 Å². The van der Waals surface area contributed by atoms with Gasteiger partial charge in [0.2, 0.25) is 0 Å². The van der Waals surface area contributed by atoms with E-state index in [1.54, 1.807) is 18.4 Å². The summed E-state index contributed by atoms with van der Waals surface area (Å²) in [5, 5.41) is 3.60. The van der Waals surface area contributed by atoms with Crippen LogP contribution in [0.1, 0.15) is 35.4 Å². The first-order chi connectivity index (χ1) is 9.65. The van der Waals surface area contributed by atoms with Gasteiger partial charge in [-0.15, -0.1) is 11.3 Å². The SMILES string of the molecule is CCCNC(c1ccc(Cl)s1)c1ccc(OC)cc1C. The molecule has 2 aromatic rings. The topological polar surface area (TPSA) is 21.3 Å². The molecule has 108 valence electrons. The molecule has 20 heavy (non-hydrogen) atoms. The van der Waals surface area contributed by atoms with Crippen LogP contribution in [0.4, 0.5) is 0 Å². The molecule has 0 amide bonds. The molecule has 0 saturated carbocycles. The minimum absolute atomic E-state index is 0.193. The van der Waals surface area contributed by atoms with Crippen LogP contribution in [0.15, 0.2) is 30.3 Å². The monoisotopic (exact) mass is 309 g/mol. The maximum absolute atomic E-state index is 6.08. The van der Waals surface area contributed by atoms with Crippen molar-refractivity contribution in [2.75, 3.05) is 13.7 Å². The quantitative estimate of drug-likeness (QED) is 0.827. The van der Waals surface area contributed by atoms with E-state index < -0.39 is 0 Å². The van der Waals surface area contributed by atoms with Gasteiger partial charge in [-0.05, 0) is 55.3 Å². The van der Waals surface area contributed by atoms with Gasteiger partial charge in [0.05, 0.1) is 17.5 Å². The standard InChI is InChI=1S/C16H20ClNOS/c1-4-9-18-16(14-7-8-15(17)20-14)13-6-5-12(19-3)10-11(13)2/h5-8,10,16,18H,4,9H2,1-3H3. The lowest BCUT2D eigenvalue weighted by Gasteiger charge is -2.20. The Morgan fingerprint density at radius 3 is 2.65 bits per heavy atom. The molecular weight excluding hydrogens is 290 g/mol. The Morgan fingerprint density at radius 1 is 1.30 bits per heavy atom. The Morgan fingerprint density at radius 2 is 2.10 bits per heavy atom. The molecule has 2 rings (SSSR count). The number of hydrogen-bond donors (Lipinski definition) is 1. The minimum Gasteiger partial charge on any atom is -0.497 e. The molecule has 1 aromatic heterocycles. The average molecular weight is 310 g/mol. The van der Waals surface area contributed by atoms with Crippen molar-refractivity contribution >= 4 is 22.9 Å². The summed E-state index contributed by atoms with van der Waals surface area (Å²) in [4.78, 5) is 1.25. The predicted molar refractivity (Wildman–Crippen MR) is 87.2 cm³/mol. The van der Waals surface area contributed by atoms with Gasteiger partial charge in [-0.25, -0.2) is 0 Å². The molecular formula is C16H20ClNOS. The van der Waals surface area contributed by atoms with Crippen LogP contribution in [0.3, 0.4) is 0 Å². The van der Waals surface area contributed by atoms with Gasteiger partial charge < -0.3 is 10.1 Å². The molecule has 1 N–H and O–H groups in total. The minimum atomic E-state index is 0.193. The molecule has 1 unspecified atom stereocenters. The molecule has 0 radical (unpaired) electrons. The number of benzene rings is 1. The summed E-state index contributed by atoms with van der Waals surface area (Å²) in [6, 6.07) is 10.5.